The van der Waals surface area contributed by atoms with Crippen LogP contribution in [0.5, 0.6) is 5.75 Å². The third kappa shape index (κ3) is 1.46. The molecule has 1 aromatic carbocycles. The molecule has 0 bridgehead atoms. The highest BCUT2D eigenvalue weighted by Gasteiger charge is 2.07. The molecule has 0 aliphatic rings. The van der Waals surface area contributed by atoms with Gasteiger partial charge < -0.3 is 4.74 Å². The van der Waals surface area contributed by atoms with Crippen LogP contribution in [0.2, 0.25) is 0 Å². The van der Waals surface area contributed by atoms with Gasteiger partial charge in [-0.2, -0.15) is 5.10 Å². The van der Waals surface area contributed by atoms with Crippen molar-refractivity contribution in [3.63, 3.8) is 0 Å². The Morgan fingerprint density at radius 1 is 1.36 bits per heavy atom. The molecule has 0 spiro atoms. The fraction of sp³-hybridized carbons (Fsp3) is 0.200. The Labute approximate surface area is 81.9 Å². The van der Waals surface area contributed by atoms with E-state index in [1.54, 1.807) is 7.11 Å². The van der Waals surface area contributed by atoms with Crippen molar-refractivity contribution in [2.24, 2.45) is 0 Å². The van der Waals surface area contributed by atoms with E-state index in [1.165, 1.54) is 6.33 Å². The molecule has 0 amide bonds. The number of ether oxygens (including phenoxy) is 1. The predicted octanol–water partition coefficient (Wildman–Crippen LogP) is 1.79. The van der Waals surface area contributed by atoms with Gasteiger partial charge in [-0.15, -0.1) is 0 Å². The lowest BCUT2D eigenvalue weighted by Gasteiger charge is -2.06. The molecule has 1 aromatic heterocycles. The lowest BCUT2D eigenvalue weighted by atomic mass is 10.1. The molecule has 1 N–H and O–H groups in total. The molecule has 2 aromatic rings. The van der Waals surface area contributed by atoms with Crippen LogP contribution in [-0.4, -0.2) is 22.3 Å². The van der Waals surface area contributed by atoms with Gasteiger partial charge in [0.05, 0.1) is 12.7 Å². The summed E-state index contributed by atoms with van der Waals surface area (Å²) in [6.45, 7) is 2.02. The molecule has 0 aliphatic carbocycles. The summed E-state index contributed by atoms with van der Waals surface area (Å²) in [5.74, 6) is 1.53. The van der Waals surface area contributed by atoms with Crippen molar-refractivity contribution < 1.29 is 4.74 Å². The predicted molar refractivity (Wildman–Crippen MR) is 53.1 cm³/mol. The maximum Gasteiger partial charge on any atom is 0.159 e. The minimum Gasteiger partial charge on any atom is -0.496 e. The van der Waals surface area contributed by atoms with Gasteiger partial charge in [-0.05, 0) is 24.6 Å². The average Bonchev–Trinajstić information content (AvgIpc) is 2.70. The first-order chi connectivity index (χ1) is 6.81. The van der Waals surface area contributed by atoms with Crippen LogP contribution in [0.15, 0.2) is 24.5 Å². The monoisotopic (exact) mass is 189 g/mol. The largest absolute Gasteiger partial charge is 0.496 e. The number of aromatic nitrogens is 3. The van der Waals surface area contributed by atoms with E-state index in [2.05, 4.69) is 15.2 Å². The summed E-state index contributed by atoms with van der Waals surface area (Å²) < 4.78 is 5.26. The first kappa shape index (κ1) is 8.74. The van der Waals surface area contributed by atoms with Gasteiger partial charge in [0.1, 0.15) is 12.1 Å². The van der Waals surface area contributed by atoms with Crippen molar-refractivity contribution in [2.75, 3.05) is 7.11 Å². The number of benzene rings is 1. The quantitative estimate of drug-likeness (QED) is 0.783. The second-order valence-corrected chi connectivity index (χ2v) is 3.04. The Morgan fingerprint density at radius 2 is 2.21 bits per heavy atom. The van der Waals surface area contributed by atoms with E-state index in [0.717, 1.165) is 22.7 Å². The van der Waals surface area contributed by atoms with Gasteiger partial charge in [-0.3, -0.25) is 5.10 Å². The van der Waals surface area contributed by atoms with E-state index < -0.39 is 0 Å². The Kier molecular flexibility index (Phi) is 2.18. The molecule has 0 saturated carbocycles. The van der Waals surface area contributed by atoms with Crippen LogP contribution >= 0.6 is 0 Å². The minimum atomic E-state index is 0.724. The summed E-state index contributed by atoms with van der Waals surface area (Å²) in [6.07, 6.45) is 1.48. The number of H-pyrrole nitrogens is 1. The molecule has 0 unspecified atom stereocenters. The van der Waals surface area contributed by atoms with Crippen LogP contribution in [0.4, 0.5) is 0 Å². The summed E-state index contributed by atoms with van der Waals surface area (Å²) in [7, 11) is 1.65. The molecule has 2 rings (SSSR count). The Bertz CT molecular complexity index is 423. The molecule has 4 heteroatoms. The topological polar surface area (TPSA) is 50.8 Å². The second kappa shape index (κ2) is 3.49. The van der Waals surface area contributed by atoms with Crippen LogP contribution < -0.4 is 4.74 Å². The number of hydrogen-bond acceptors (Lipinski definition) is 3. The van der Waals surface area contributed by atoms with Gasteiger partial charge in [0, 0.05) is 0 Å². The fourth-order valence-electron chi connectivity index (χ4n) is 1.33. The van der Waals surface area contributed by atoms with Gasteiger partial charge in [0.15, 0.2) is 5.82 Å². The van der Waals surface area contributed by atoms with E-state index >= 15 is 0 Å². The number of nitrogens with zero attached hydrogens (tertiary/aromatic N) is 2. The van der Waals surface area contributed by atoms with Crippen LogP contribution in [0, 0.1) is 6.92 Å². The SMILES string of the molecule is COc1cc(C)ccc1-c1ncn[nH]1. The third-order valence-corrected chi connectivity index (χ3v) is 2.03. The van der Waals surface area contributed by atoms with E-state index in [0.29, 0.717) is 0 Å². The molecule has 0 fully saturated rings. The van der Waals surface area contributed by atoms with E-state index in [9.17, 15) is 0 Å². The van der Waals surface area contributed by atoms with Crippen LogP contribution in [-0.2, 0) is 0 Å². The van der Waals surface area contributed by atoms with Crippen LogP contribution in [0.3, 0.4) is 0 Å². The third-order valence-electron chi connectivity index (χ3n) is 2.03. The Balaban J connectivity index is 2.53. The van der Waals surface area contributed by atoms with Gasteiger partial charge in [-0.25, -0.2) is 4.98 Å². The van der Waals surface area contributed by atoms with Crippen molar-refractivity contribution >= 4 is 0 Å². The number of rotatable bonds is 2. The summed E-state index contributed by atoms with van der Waals surface area (Å²) in [6, 6.07) is 5.95. The molecule has 14 heavy (non-hydrogen) atoms. The number of hydrogen-bond donors (Lipinski definition) is 1. The summed E-state index contributed by atoms with van der Waals surface area (Å²) in [5, 5.41) is 6.61. The zero-order valence-electron chi connectivity index (χ0n) is 8.11. The molecular formula is C10H11N3O. The molecule has 0 radical (unpaired) electrons. The van der Waals surface area contributed by atoms with E-state index in [1.807, 2.05) is 25.1 Å². The van der Waals surface area contributed by atoms with Gasteiger partial charge in [-0.1, -0.05) is 6.07 Å². The van der Waals surface area contributed by atoms with Crippen LogP contribution in [0.25, 0.3) is 11.4 Å². The Hall–Kier alpha value is -1.84. The standard InChI is InChI=1S/C10H11N3O/c1-7-3-4-8(9(5-7)14-2)10-11-6-12-13-10/h3-6H,1-2H3,(H,11,12,13). The maximum absolute atomic E-state index is 5.26. The zero-order chi connectivity index (χ0) is 9.97. The van der Waals surface area contributed by atoms with E-state index in [4.69, 9.17) is 4.74 Å². The van der Waals surface area contributed by atoms with Gasteiger partial charge >= 0.3 is 0 Å². The van der Waals surface area contributed by atoms with Gasteiger partial charge in [0.2, 0.25) is 0 Å². The number of aromatic amines is 1. The molecule has 4 nitrogen and oxygen atoms in total. The highest BCUT2D eigenvalue weighted by Crippen LogP contribution is 2.27. The maximum atomic E-state index is 5.26. The zero-order valence-corrected chi connectivity index (χ0v) is 8.11. The highest BCUT2D eigenvalue weighted by molar-refractivity contribution is 5.64. The first-order valence-electron chi connectivity index (χ1n) is 4.31. The van der Waals surface area contributed by atoms with Crippen molar-refractivity contribution in [2.45, 2.75) is 6.92 Å². The lowest BCUT2D eigenvalue weighted by Crippen LogP contribution is -1.90. The minimum absolute atomic E-state index is 0.724. The molecule has 0 saturated heterocycles. The normalized spacial score (nSPS) is 10.1. The van der Waals surface area contributed by atoms with Crippen molar-refractivity contribution in [3.05, 3.63) is 30.1 Å². The van der Waals surface area contributed by atoms with Crippen molar-refractivity contribution in [1.29, 1.82) is 0 Å². The molecule has 0 aliphatic heterocycles. The number of nitrogens with one attached hydrogen (secondary N) is 1. The van der Waals surface area contributed by atoms with E-state index in [-0.39, 0.29) is 0 Å². The smallest absolute Gasteiger partial charge is 0.159 e. The first-order valence-corrected chi connectivity index (χ1v) is 4.31. The number of aryl methyl sites for hydroxylation is 1. The van der Waals surface area contributed by atoms with Crippen molar-refractivity contribution in [3.8, 4) is 17.1 Å². The summed E-state index contributed by atoms with van der Waals surface area (Å²) in [4.78, 5) is 4.08. The second-order valence-electron chi connectivity index (χ2n) is 3.04. The molecule has 1 heterocycles. The summed E-state index contributed by atoms with van der Waals surface area (Å²) >= 11 is 0. The molecular weight excluding hydrogens is 178 g/mol. The number of methoxy groups -OCH3 is 1. The fourth-order valence-corrected chi connectivity index (χ4v) is 1.33. The van der Waals surface area contributed by atoms with Gasteiger partial charge in [0.25, 0.3) is 0 Å². The highest BCUT2D eigenvalue weighted by atomic mass is 16.5. The van der Waals surface area contributed by atoms with Crippen molar-refractivity contribution in [1.82, 2.24) is 15.2 Å². The molecule has 72 valence electrons. The lowest BCUT2D eigenvalue weighted by molar-refractivity contribution is 0.416. The average molecular weight is 189 g/mol. The van der Waals surface area contributed by atoms with Crippen LogP contribution in [0.1, 0.15) is 5.56 Å². The molecule has 0 atom stereocenters. The summed E-state index contributed by atoms with van der Waals surface area (Å²) in [5.41, 5.74) is 2.08. The Morgan fingerprint density at radius 3 is 2.86 bits per heavy atom.